The van der Waals surface area contributed by atoms with Crippen molar-refractivity contribution in [1.29, 1.82) is 0 Å². The van der Waals surface area contributed by atoms with E-state index in [0.29, 0.717) is 18.8 Å². The topological polar surface area (TPSA) is 35.5 Å². The van der Waals surface area contributed by atoms with Gasteiger partial charge < -0.3 is 9.47 Å². The molecule has 0 bridgehead atoms. The van der Waals surface area contributed by atoms with Crippen LogP contribution in [0, 0.1) is 0 Å². The van der Waals surface area contributed by atoms with E-state index in [0.717, 1.165) is 10.0 Å². The number of ether oxygens (including phenoxy) is 2. The molecular formula is C13H15BrO3. The highest BCUT2D eigenvalue weighted by Crippen LogP contribution is 2.11. The Balaban J connectivity index is 2.33. The van der Waals surface area contributed by atoms with Crippen molar-refractivity contribution >= 4 is 21.9 Å². The maximum absolute atomic E-state index is 11.1. The third-order valence-electron chi connectivity index (χ3n) is 2.20. The fourth-order valence-corrected chi connectivity index (χ4v) is 1.45. The Bertz CT molecular complexity index is 396. The molecule has 0 saturated heterocycles. The van der Waals surface area contributed by atoms with Crippen LogP contribution in [0.4, 0.5) is 0 Å². The Labute approximate surface area is 110 Å². The zero-order chi connectivity index (χ0) is 12.7. The average Bonchev–Trinajstić information content (AvgIpc) is 2.35. The van der Waals surface area contributed by atoms with Gasteiger partial charge in [-0.1, -0.05) is 28.1 Å². The Morgan fingerprint density at radius 2 is 2.00 bits per heavy atom. The molecule has 0 fully saturated rings. The zero-order valence-electron chi connectivity index (χ0n) is 9.90. The lowest BCUT2D eigenvalue weighted by Crippen LogP contribution is -2.03. The summed E-state index contributed by atoms with van der Waals surface area (Å²) >= 11 is 3.37. The van der Waals surface area contributed by atoms with E-state index in [1.807, 2.05) is 24.3 Å². The SMILES string of the molecule is COC(=O)/C(C)=C/COCc1ccc(Br)cc1. The van der Waals surface area contributed by atoms with Gasteiger partial charge in [0.2, 0.25) is 0 Å². The summed E-state index contributed by atoms with van der Waals surface area (Å²) < 4.78 is 11.0. The van der Waals surface area contributed by atoms with E-state index < -0.39 is 0 Å². The van der Waals surface area contributed by atoms with Gasteiger partial charge in [0.15, 0.2) is 0 Å². The van der Waals surface area contributed by atoms with Crippen molar-refractivity contribution in [3.63, 3.8) is 0 Å². The van der Waals surface area contributed by atoms with Crippen LogP contribution >= 0.6 is 15.9 Å². The van der Waals surface area contributed by atoms with Crippen molar-refractivity contribution in [2.75, 3.05) is 13.7 Å². The molecule has 0 aliphatic heterocycles. The van der Waals surface area contributed by atoms with Crippen LogP contribution in [-0.4, -0.2) is 19.7 Å². The normalized spacial score (nSPS) is 11.4. The van der Waals surface area contributed by atoms with Crippen molar-refractivity contribution < 1.29 is 14.3 Å². The number of rotatable bonds is 5. The summed E-state index contributed by atoms with van der Waals surface area (Å²) in [7, 11) is 1.36. The summed E-state index contributed by atoms with van der Waals surface area (Å²) in [5, 5.41) is 0. The van der Waals surface area contributed by atoms with Gasteiger partial charge in [-0.15, -0.1) is 0 Å². The predicted molar refractivity (Wildman–Crippen MR) is 69.6 cm³/mol. The van der Waals surface area contributed by atoms with E-state index >= 15 is 0 Å². The van der Waals surface area contributed by atoms with Gasteiger partial charge in [0.25, 0.3) is 0 Å². The molecule has 0 aromatic heterocycles. The van der Waals surface area contributed by atoms with Gasteiger partial charge in [-0.3, -0.25) is 0 Å². The number of halogens is 1. The Morgan fingerprint density at radius 1 is 1.35 bits per heavy atom. The molecule has 17 heavy (non-hydrogen) atoms. The van der Waals surface area contributed by atoms with Crippen molar-refractivity contribution in [3.8, 4) is 0 Å². The molecule has 0 amide bonds. The molecular weight excluding hydrogens is 284 g/mol. The van der Waals surface area contributed by atoms with Crippen molar-refractivity contribution in [3.05, 3.63) is 46.0 Å². The number of esters is 1. The largest absolute Gasteiger partial charge is 0.466 e. The third kappa shape index (κ3) is 5.15. The monoisotopic (exact) mass is 298 g/mol. The molecule has 0 aliphatic carbocycles. The first-order valence-corrected chi connectivity index (χ1v) is 6.00. The highest BCUT2D eigenvalue weighted by molar-refractivity contribution is 9.10. The third-order valence-corrected chi connectivity index (χ3v) is 2.73. The maximum Gasteiger partial charge on any atom is 0.333 e. The smallest absolute Gasteiger partial charge is 0.333 e. The summed E-state index contributed by atoms with van der Waals surface area (Å²) in [6, 6.07) is 7.91. The predicted octanol–water partition coefficient (Wildman–Crippen LogP) is 3.09. The second kappa shape index (κ2) is 7.25. The van der Waals surface area contributed by atoms with Gasteiger partial charge in [0.05, 0.1) is 20.3 Å². The summed E-state index contributed by atoms with van der Waals surface area (Å²) in [5.74, 6) is -0.322. The van der Waals surface area contributed by atoms with Crippen LogP contribution in [0.3, 0.4) is 0 Å². The van der Waals surface area contributed by atoms with Crippen LogP contribution in [0.1, 0.15) is 12.5 Å². The van der Waals surface area contributed by atoms with E-state index in [1.54, 1.807) is 13.0 Å². The summed E-state index contributed by atoms with van der Waals surface area (Å²) in [4.78, 5) is 11.1. The van der Waals surface area contributed by atoms with Gasteiger partial charge in [0, 0.05) is 10.0 Å². The van der Waals surface area contributed by atoms with Crippen molar-refractivity contribution in [2.24, 2.45) is 0 Å². The summed E-state index contributed by atoms with van der Waals surface area (Å²) in [5.41, 5.74) is 1.65. The van der Waals surface area contributed by atoms with Gasteiger partial charge >= 0.3 is 5.97 Å². The number of methoxy groups -OCH3 is 1. The van der Waals surface area contributed by atoms with Crippen LogP contribution in [0.2, 0.25) is 0 Å². The van der Waals surface area contributed by atoms with Gasteiger partial charge in [-0.2, -0.15) is 0 Å². The number of benzene rings is 1. The highest BCUT2D eigenvalue weighted by Gasteiger charge is 2.01. The number of hydrogen-bond acceptors (Lipinski definition) is 3. The molecule has 1 aromatic rings. The van der Waals surface area contributed by atoms with E-state index in [-0.39, 0.29) is 5.97 Å². The molecule has 0 N–H and O–H groups in total. The van der Waals surface area contributed by atoms with Gasteiger partial charge in [-0.05, 0) is 30.7 Å². The Kier molecular flexibility index (Phi) is 5.94. The standard InChI is InChI=1S/C13H15BrO3/c1-10(13(15)16-2)7-8-17-9-11-3-5-12(14)6-4-11/h3-7H,8-9H2,1-2H3/b10-7+. The fourth-order valence-electron chi connectivity index (χ4n) is 1.19. The van der Waals surface area contributed by atoms with Crippen LogP contribution < -0.4 is 0 Å². The molecule has 0 saturated carbocycles. The van der Waals surface area contributed by atoms with Crippen molar-refractivity contribution in [1.82, 2.24) is 0 Å². The number of carbonyl (C=O) groups is 1. The first-order chi connectivity index (χ1) is 8.13. The molecule has 4 heteroatoms. The first-order valence-electron chi connectivity index (χ1n) is 5.20. The quantitative estimate of drug-likeness (QED) is 0.476. The lowest BCUT2D eigenvalue weighted by atomic mass is 10.2. The van der Waals surface area contributed by atoms with Crippen LogP contribution in [0.15, 0.2) is 40.4 Å². The summed E-state index contributed by atoms with van der Waals surface area (Å²) in [6.07, 6.45) is 1.71. The van der Waals surface area contributed by atoms with E-state index in [2.05, 4.69) is 20.7 Å². The van der Waals surface area contributed by atoms with Gasteiger partial charge in [0.1, 0.15) is 0 Å². The zero-order valence-corrected chi connectivity index (χ0v) is 11.5. The molecule has 3 nitrogen and oxygen atoms in total. The highest BCUT2D eigenvalue weighted by atomic mass is 79.9. The minimum absolute atomic E-state index is 0.322. The summed E-state index contributed by atoms with van der Waals surface area (Å²) in [6.45, 7) is 2.63. The maximum atomic E-state index is 11.1. The average molecular weight is 299 g/mol. The van der Waals surface area contributed by atoms with E-state index in [1.165, 1.54) is 7.11 Å². The lowest BCUT2D eigenvalue weighted by molar-refractivity contribution is -0.136. The van der Waals surface area contributed by atoms with E-state index in [4.69, 9.17) is 4.74 Å². The molecule has 0 spiro atoms. The van der Waals surface area contributed by atoms with Crippen molar-refractivity contribution in [2.45, 2.75) is 13.5 Å². The molecule has 1 aromatic carbocycles. The minimum Gasteiger partial charge on any atom is -0.466 e. The Hall–Kier alpha value is -1.13. The lowest BCUT2D eigenvalue weighted by Gasteiger charge is -2.03. The van der Waals surface area contributed by atoms with Crippen LogP contribution in [-0.2, 0) is 20.9 Å². The Morgan fingerprint density at radius 3 is 2.59 bits per heavy atom. The second-order valence-corrected chi connectivity index (χ2v) is 4.44. The number of carbonyl (C=O) groups excluding carboxylic acids is 1. The molecule has 0 aliphatic rings. The molecule has 92 valence electrons. The minimum atomic E-state index is -0.322. The molecule has 0 heterocycles. The van der Waals surface area contributed by atoms with Gasteiger partial charge in [-0.25, -0.2) is 4.79 Å². The number of hydrogen-bond donors (Lipinski definition) is 0. The first kappa shape index (κ1) is 13.9. The molecule has 1 rings (SSSR count). The fraction of sp³-hybridized carbons (Fsp3) is 0.308. The van der Waals surface area contributed by atoms with E-state index in [9.17, 15) is 4.79 Å². The molecule has 0 unspecified atom stereocenters. The molecule has 0 atom stereocenters. The van der Waals surface area contributed by atoms with Crippen LogP contribution in [0.5, 0.6) is 0 Å². The van der Waals surface area contributed by atoms with Crippen LogP contribution in [0.25, 0.3) is 0 Å². The molecule has 0 radical (unpaired) electrons. The second-order valence-electron chi connectivity index (χ2n) is 3.52.